The number of aliphatic hydroxyl groups excluding tert-OH is 1. The molecule has 0 unspecified atom stereocenters. The Kier molecular flexibility index (Phi) is 3.82. The lowest BCUT2D eigenvalue weighted by Gasteiger charge is -2.18. The van der Waals surface area contributed by atoms with Gasteiger partial charge in [0.15, 0.2) is 5.65 Å². The fraction of sp³-hybridized carbons (Fsp3) is 0.304. The van der Waals surface area contributed by atoms with Gasteiger partial charge in [0.25, 0.3) is 11.8 Å². The third-order valence-electron chi connectivity index (χ3n) is 6.25. The van der Waals surface area contributed by atoms with Gasteiger partial charge in [-0.25, -0.2) is 4.98 Å². The zero-order valence-corrected chi connectivity index (χ0v) is 16.7. The van der Waals surface area contributed by atoms with E-state index in [0.717, 1.165) is 18.4 Å². The summed E-state index contributed by atoms with van der Waals surface area (Å²) in [5.74, 6) is -0.316. The van der Waals surface area contributed by atoms with Crippen molar-refractivity contribution in [3.8, 4) is 0 Å². The fourth-order valence-corrected chi connectivity index (χ4v) is 4.53. The summed E-state index contributed by atoms with van der Waals surface area (Å²) in [7, 11) is 0. The van der Waals surface area contributed by atoms with E-state index in [-0.39, 0.29) is 37.2 Å². The smallest absolute Gasteiger partial charge is 0.261 e. The Balaban J connectivity index is 1.39. The molecule has 8 heteroatoms. The van der Waals surface area contributed by atoms with Crippen LogP contribution in [0.4, 0.5) is 5.69 Å². The molecule has 1 atom stereocenters. The van der Waals surface area contributed by atoms with Crippen molar-refractivity contribution in [2.75, 3.05) is 11.4 Å². The predicted octanol–water partition coefficient (Wildman–Crippen LogP) is 2.11. The summed E-state index contributed by atoms with van der Waals surface area (Å²) in [6, 6.07) is 8.78. The number of aliphatic hydroxyl groups is 1. The number of benzene rings is 1. The van der Waals surface area contributed by atoms with E-state index in [1.54, 1.807) is 29.2 Å². The van der Waals surface area contributed by atoms with Gasteiger partial charge in [-0.1, -0.05) is 12.1 Å². The molecule has 1 aliphatic carbocycles. The molecule has 2 aromatic heterocycles. The SMILES string of the molecule is O=C1c2ccccc2C(=O)N1Cc1cn2cc(C3CC3)cc(N3C[C@H](O)CC3=O)c2n1. The highest BCUT2D eigenvalue weighted by atomic mass is 16.3. The zero-order valence-electron chi connectivity index (χ0n) is 16.7. The summed E-state index contributed by atoms with van der Waals surface area (Å²) in [6.07, 6.45) is 5.45. The lowest BCUT2D eigenvalue weighted by molar-refractivity contribution is -0.117. The number of hydrogen-bond donors (Lipinski definition) is 1. The Bertz CT molecular complexity index is 1240. The van der Waals surface area contributed by atoms with Crippen molar-refractivity contribution in [1.29, 1.82) is 0 Å². The topological polar surface area (TPSA) is 95.2 Å². The molecule has 6 rings (SSSR count). The molecule has 1 saturated heterocycles. The van der Waals surface area contributed by atoms with Crippen LogP contribution in [0.15, 0.2) is 42.7 Å². The van der Waals surface area contributed by atoms with Crippen molar-refractivity contribution in [1.82, 2.24) is 14.3 Å². The standard InChI is InChI=1S/C23H20N4O4/c28-16-8-20(29)26(12-16)19-7-14(13-5-6-13)9-25-10-15(24-21(19)25)11-27-22(30)17-3-1-2-4-18(17)23(27)31/h1-4,7,9-10,13,16,28H,5-6,8,11-12H2/t16-/m1/s1. The van der Waals surface area contributed by atoms with Crippen LogP contribution in [0, 0.1) is 0 Å². The molecule has 0 radical (unpaired) electrons. The highest BCUT2D eigenvalue weighted by molar-refractivity contribution is 6.21. The first-order valence-corrected chi connectivity index (χ1v) is 10.4. The van der Waals surface area contributed by atoms with Crippen LogP contribution in [-0.4, -0.2) is 49.8 Å². The summed E-state index contributed by atoms with van der Waals surface area (Å²) in [4.78, 5) is 45.4. The number of β-amino-alcohol motifs (C(OH)–C–C–N with tert-alkyl or cyclic N) is 1. The van der Waals surface area contributed by atoms with Crippen LogP contribution in [0.2, 0.25) is 0 Å². The van der Waals surface area contributed by atoms with Crippen molar-refractivity contribution in [2.45, 2.75) is 37.8 Å². The molecule has 31 heavy (non-hydrogen) atoms. The second kappa shape index (κ2) is 6.49. The lowest BCUT2D eigenvalue weighted by Crippen LogP contribution is -2.29. The number of anilines is 1. The summed E-state index contributed by atoms with van der Waals surface area (Å²) in [6.45, 7) is 0.298. The lowest BCUT2D eigenvalue weighted by atomic mass is 10.1. The van der Waals surface area contributed by atoms with Crippen LogP contribution in [0.1, 0.15) is 57.2 Å². The molecule has 3 aromatic rings. The molecule has 156 valence electrons. The first kappa shape index (κ1) is 18.3. The predicted molar refractivity (Wildman–Crippen MR) is 111 cm³/mol. The van der Waals surface area contributed by atoms with Gasteiger partial charge in [0, 0.05) is 12.4 Å². The third kappa shape index (κ3) is 2.86. The first-order chi connectivity index (χ1) is 15.0. The van der Waals surface area contributed by atoms with Gasteiger partial charge in [-0.05, 0) is 42.5 Å². The minimum Gasteiger partial charge on any atom is -0.391 e. The number of fused-ring (bicyclic) bond motifs is 2. The molecule has 4 heterocycles. The van der Waals surface area contributed by atoms with Gasteiger partial charge in [-0.15, -0.1) is 0 Å². The maximum Gasteiger partial charge on any atom is 0.261 e. The highest BCUT2D eigenvalue weighted by Gasteiger charge is 2.36. The van der Waals surface area contributed by atoms with Crippen LogP contribution in [0.5, 0.6) is 0 Å². The van der Waals surface area contributed by atoms with Gasteiger partial charge < -0.3 is 14.4 Å². The quantitative estimate of drug-likeness (QED) is 0.658. The average molecular weight is 416 g/mol. The summed E-state index contributed by atoms with van der Waals surface area (Å²) < 4.78 is 1.87. The molecule has 2 fully saturated rings. The van der Waals surface area contributed by atoms with E-state index in [2.05, 4.69) is 4.98 Å². The summed E-state index contributed by atoms with van der Waals surface area (Å²) >= 11 is 0. The number of aromatic nitrogens is 2. The number of carbonyl (C=O) groups is 3. The van der Waals surface area contributed by atoms with Gasteiger partial charge in [-0.3, -0.25) is 19.3 Å². The van der Waals surface area contributed by atoms with Crippen LogP contribution in [0.3, 0.4) is 0 Å². The van der Waals surface area contributed by atoms with Gasteiger partial charge in [0.2, 0.25) is 5.91 Å². The minimum atomic E-state index is -0.690. The van der Waals surface area contributed by atoms with Crippen LogP contribution >= 0.6 is 0 Å². The number of pyridine rings is 1. The summed E-state index contributed by atoms with van der Waals surface area (Å²) in [5, 5.41) is 9.96. The van der Waals surface area contributed by atoms with Crippen LogP contribution < -0.4 is 4.90 Å². The molecule has 1 saturated carbocycles. The second-order valence-corrected chi connectivity index (χ2v) is 8.50. The molecule has 8 nitrogen and oxygen atoms in total. The van der Waals surface area contributed by atoms with Crippen molar-refractivity contribution >= 4 is 29.1 Å². The van der Waals surface area contributed by atoms with Crippen LogP contribution in [0.25, 0.3) is 5.65 Å². The van der Waals surface area contributed by atoms with E-state index in [1.807, 2.05) is 22.9 Å². The Morgan fingerprint density at radius 1 is 1.03 bits per heavy atom. The number of nitrogens with zero attached hydrogens (tertiary/aromatic N) is 4. The Morgan fingerprint density at radius 3 is 2.35 bits per heavy atom. The monoisotopic (exact) mass is 416 g/mol. The number of carbonyl (C=O) groups excluding carboxylic acids is 3. The number of imide groups is 1. The molecule has 3 amide bonds. The van der Waals surface area contributed by atoms with Gasteiger partial charge in [0.1, 0.15) is 0 Å². The second-order valence-electron chi connectivity index (χ2n) is 8.50. The zero-order chi connectivity index (χ0) is 21.3. The Morgan fingerprint density at radius 2 is 1.74 bits per heavy atom. The summed E-state index contributed by atoms with van der Waals surface area (Å²) in [5.41, 5.74) is 3.75. The number of amides is 3. The molecular weight excluding hydrogens is 396 g/mol. The van der Waals surface area contributed by atoms with Crippen LogP contribution in [-0.2, 0) is 11.3 Å². The highest BCUT2D eigenvalue weighted by Crippen LogP contribution is 2.42. The molecule has 3 aliphatic rings. The maximum atomic E-state index is 12.7. The van der Waals surface area contributed by atoms with E-state index < -0.39 is 6.10 Å². The number of imidazole rings is 1. The number of hydrogen-bond acceptors (Lipinski definition) is 5. The Labute approximate surface area is 177 Å². The van der Waals surface area contributed by atoms with Crippen molar-refractivity contribution < 1.29 is 19.5 Å². The van der Waals surface area contributed by atoms with Crippen molar-refractivity contribution in [3.05, 3.63) is 65.1 Å². The van der Waals surface area contributed by atoms with Gasteiger partial charge in [0.05, 0.1) is 48.1 Å². The molecule has 1 aromatic carbocycles. The van der Waals surface area contributed by atoms with Crippen molar-refractivity contribution in [3.63, 3.8) is 0 Å². The average Bonchev–Trinajstić information content (AvgIpc) is 3.39. The largest absolute Gasteiger partial charge is 0.391 e. The maximum absolute atomic E-state index is 12.7. The molecule has 2 aliphatic heterocycles. The molecule has 1 N–H and O–H groups in total. The van der Waals surface area contributed by atoms with Crippen molar-refractivity contribution in [2.24, 2.45) is 0 Å². The minimum absolute atomic E-state index is 0.0583. The van der Waals surface area contributed by atoms with E-state index in [0.29, 0.717) is 34.1 Å². The van der Waals surface area contributed by atoms with Gasteiger partial charge >= 0.3 is 0 Å². The molecular formula is C23H20N4O4. The fourth-order valence-electron chi connectivity index (χ4n) is 4.53. The number of rotatable bonds is 4. The third-order valence-corrected chi connectivity index (χ3v) is 6.25. The van der Waals surface area contributed by atoms with Gasteiger partial charge in [-0.2, -0.15) is 0 Å². The van der Waals surface area contributed by atoms with E-state index >= 15 is 0 Å². The molecule has 0 bridgehead atoms. The normalized spacial score (nSPS) is 20.9. The van der Waals surface area contributed by atoms with E-state index in [9.17, 15) is 19.5 Å². The van der Waals surface area contributed by atoms with E-state index in [4.69, 9.17) is 0 Å². The van der Waals surface area contributed by atoms with E-state index in [1.165, 1.54) is 4.90 Å². The molecule has 0 spiro atoms. The Hall–Kier alpha value is -3.52. The first-order valence-electron chi connectivity index (χ1n) is 10.4.